The lowest BCUT2D eigenvalue weighted by molar-refractivity contribution is -0.144. The summed E-state index contributed by atoms with van der Waals surface area (Å²) in [6.07, 6.45) is -0.787. The first-order valence-corrected chi connectivity index (χ1v) is 6.19. The molecule has 1 N–H and O–H groups in total. The van der Waals surface area contributed by atoms with Gasteiger partial charge in [-0.1, -0.05) is 37.3 Å². The molecule has 6 heteroatoms. The van der Waals surface area contributed by atoms with Gasteiger partial charge in [0.05, 0.1) is 13.8 Å². The van der Waals surface area contributed by atoms with Crippen LogP contribution in [0.3, 0.4) is 0 Å². The van der Waals surface area contributed by atoms with E-state index in [4.69, 9.17) is 4.74 Å². The number of nitrogens with one attached hydrogen (secondary N) is 1. The van der Waals surface area contributed by atoms with E-state index in [1.807, 2.05) is 18.2 Å². The molecule has 1 amide bonds. The summed E-state index contributed by atoms with van der Waals surface area (Å²) in [7, 11) is 1.18. The highest BCUT2D eigenvalue weighted by Crippen LogP contribution is 2.07. The minimum atomic E-state index is -1.06. The SMILES string of the molecule is COC(=O)C(NC(=O)OCc1ccccc1)C(C)CF. The summed E-state index contributed by atoms with van der Waals surface area (Å²) in [5, 5.41) is 2.31. The van der Waals surface area contributed by atoms with Crippen LogP contribution in [0, 0.1) is 5.92 Å². The molecule has 110 valence electrons. The summed E-state index contributed by atoms with van der Waals surface area (Å²) >= 11 is 0. The number of alkyl halides is 1. The quantitative estimate of drug-likeness (QED) is 0.812. The molecular weight excluding hydrogens is 265 g/mol. The number of esters is 1. The normalized spacial score (nSPS) is 13.2. The van der Waals surface area contributed by atoms with Crippen molar-refractivity contribution >= 4 is 12.1 Å². The number of amides is 1. The van der Waals surface area contributed by atoms with Gasteiger partial charge < -0.3 is 14.8 Å². The number of hydrogen-bond acceptors (Lipinski definition) is 4. The van der Waals surface area contributed by atoms with Crippen molar-refractivity contribution in [1.29, 1.82) is 0 Å². The van der Waals surface area contributed by atoms with E-state index in [-0.39, 0.29) is 6.61 Å². The third-order valence-electron chi connectivity index (χ3n) is 2.75. The average Bonchev–Trinajstić information content (AvgIpc) is 2.50. The Bertz CT molecular complexity index is 438. The largest absolute Gasteiger partial charge is 0.467 e. The fourth-order valence-corrected chi connectivity index (χ4v) is 1.54. The Hall–Kier alpha value is -2.11. The Labute approximate surface area is 117 Å². The highest BCUT2D eigenvalue weighted by molar-refractivity contribution is 5.81. The number of halogens is 1. The minimum Gasteiger partial charge on any atom is -0.467 e. The van der Waals surface area contributed by atoms with Gasteiger partial charge in [-0.05, 0) is 5.56 Å². The van der Waals surface area contributed by atoms with E-state index in [0.29, 0.717) is 0 Å². The van der Waals surface area contributed by atoms with Crippen molar-refractivity contribution in [3.05, 3.63) is 35.9 Å². The molecule has 0 heterocycles. The molecule has 0 bridgehead atoms. The molecule has 20 heavy (non-hydrogen) atoms. The van der Waals surface area contributed by atoms with Gasteiger partial charge in [0.2, 0.25) is 0 Å². The predicted octanol–water partition coefficient (Wildman–Crippen LogP) is 2.06. The summed E-state index contributed by atoms with van der Waals surface area (Å²) in [4.78, 5) is 23.1. The average molecular weight is 283 g/mol. The van der Waals surface area contributed by atoms with Crippen LogP contribution in [0.4, 0.5) is 9.18 Å². The molecule has 1 aromatic carbocycles. The molecule has 0 aromatic heterocycles. The first-order valence-electron chi connectivity index (χ1n) is 6.19. The number of carbonyl (C=O) groups excluding carboxylic acids is 2. The van der Waals surface area contributed by atoms with Gasteiger partial charge in [0.1, 0.15) is 12.6 Å². The van der Waals surface area contributed by atoms with E-state index < -0.39 is 30.7 Å². The van der Waals surface area contributed by atoms with Crippen molar-refractivity contribution in [2.45, 2.75) is 19.6 Å². The number of benzene rings is 1. The van der Waals surface area contributed by atoms with Crippen molar-refractivity contribution in [3.8, 4) is 0 Å². The summed E-state index contributed by atoms with van der Waals surface area (Å²) in [5.41, 5.74) is 0.816. The fourth-order valence-electron chi connectivity index (χ4n) is 1.54. The van der Waals surface area contributed by atoms with Crippen LogP contribution in [-0.2, 0) is 20.9 Å². The number of hydrogen-bond donors (Lipinski definition) is 1. The maximum atomic E-state index is 12.6. The molecule has 0 aliphatic heterocycles. The lowest BCUT2D eigenvalue weighted by atomic mass is 10.0. The molecule has 0 radical (unpaired) electrons. The van der Waals surface area contributed by atoms with Crippen LogP contribution < -0.4 is 5.32 Å². The van der Waals surface area contributed by atoms with E-state index in [1.54, 1.807) is 12.1 Å². The van der Waals surface area contributed by atoms with Crippen molar-refractivity contribution in [2.75, 3.05) is 13.8 Å². The van der Waals surface area contributed by atoms with Crippen LogP contribution in [0.5, 0.6) is 0 Å². The van der Waals surface area contributed by atoms with E-state index in [2.05, 4.69) is 10.1 Å². The topological polar surface area (TPSA) is 64.6 Å². The Balaban J connectivity index is 2.51. The molecule has 0 saturated carbocycles. The smallest absolute Gasteiger partial charge is 0.408 e. The monoisotopic (exact) mass is 283 g/mol. The Morgan fingerprint density at radius 1 is 1.30 bits per heavy atom. The molecule has 0 aliphatic carbocycles. The van der Waals surface area contributed by atoms with Gasteiger partial charge in [-0.3, -0.25) is 4.39 Å². The van der Waals surface area contributed by atoms with Crippen LogP contribution >= 0.6 is 0 Å². The van der Waals surface area contributed by atoms with Gasteiger partial charge in [-0.15, -0.1) is 0 Å². The summed E-state index contributed by atoms with van der Waals surface area (Å²) in [6, 6.07) is 8.02. The van der Waals surface area contributed by atoms with E-state index >= 15 is 0 Å². The van der Waals surface area contributed by atoms with Crippen molar-refractivity contribution in [2.24, 2.45) is 5.92 Å². The van der Waals surface area contributed by atoms with Crippen LogP contribution in [0.25, 0.3) is 0 Å². The number of rotatable bonds is 6. The lowest BCUT2D eigenvalue weighted by Gasteiger charge is -2.20. The number of methoxy groups -OCH3 is 1. The third-order valence-corrected chi connectivity index (χ3v) is 2.75. The van der Waals surface area contributed by atoms with E-state index in [0.717, 1.165) is 5.56 Å². The molecule has 5 nitrogen and oxygen atoms in total. The van der Waals surface area contributed by atoms with Gasteiger partial charge in [-0.25, -0.2) is 9.59 Å². The number of alkyl carbamates (subject to hydrolysis) is 1. The lowest BCUT2D eigenvalue weighted by Crippen LogP contribution is -2.46. The van der Waals surface area contributed by atoms with Crippen molar-refractivity contribution < 1.29 is 23.5 Å². The second-order valence-electron chi connectivity index (χ2n) is 4.34. The first-order chi connectivity index (χ1) is 9.58. The summed E-state index contributed by atoms with van der Waals surface area (Å²) < 4.78 is 22.1. The van der Waals surface area contributed by atoms with E-state index in [9.17, 15) is 14.0 Å². The minimum absolute atomic E-state index is 0.0740. The first kappa shape index (κ1) is 15.9. The van der Waals surface area contributed by atoms with E-state index in [1.165, 1.54) is 14.0 Å². The molecule has 2 atom stereocenters. The molecule has 0 aliphatic rings. The second kappa shape index (κ2) is 8.14. The fraction of sp³-hybridized carbons (Fsp3) is 0.429. The Morgan fingerprint density at radius 3 is 2.50 bits per heavy atom. The van der Waals surface area contributed by atoms with Crippen molar-refractivity contribution in [1.82, 2.24) is 5.32 Å². The molecule has 1 rings (SSSR count). The highest BCUT2D eigenvalue weighted by Gasteiger charge is 2.28. The molecule has 0 spiro atoms. The van der Waals surface area contributed by atoms with Gasteiger partial charge >= 0.3 is 12.1 Å². The maximum Gasteiger partial charge on any atom is 0.408 e. The van der Waals surface area contributed by atoms with Crippen LogP contribution in [0.1, 0.15) is 12.5 Å². The van der Waals surface area contributed by atoms with Crippen LogP contribution in [-0.4, -0.2) is 31.9 Å². The molecule has 2 unspecified atom stereocenters. The van der Waals surface area contributed by atoms with Gasteiger partial charge in [0, 0.05) is 5.92 Å². The Kier molecular flexibility index (Phi) is 6.49. The standard InChI is InChI=1S/C14H18FNO4/c1-10(8-15)12(13(17)19-2)16-14(18)20-9-11-6-4-3-5-7-11/h3-7,10,12H,8-9H2,1-2H3,(H,16,18). The van der Waals surface area contributed by atoms with Gasteiger partial charge in [0.25, 0.3) is 0 Å². The summed E-state index contributed by atoms with van der Waals surface area (Å²) in [6.45, 7) is 0.822. The highest BCUT2D eigenvalue weighted by atomic mass is 19.1. The zero-order valence-corrected chi connectivity index (χ0v) is 11.5. The van der Waals surface area contributed by atoms with Gasteiger partial charge in [0.15, 0.2) is 0 Å². The van der Waals surface area contributed by atoms with Crippen LogP contribution in [0.2, 0.25) is 0 Å². The number of ether oxygens (including phenoxy) is 2. The third kappa shape index (κ3) is 4.87. The molecule has 0 saturated heterocycles. The Morgan fingerprint density at radius 2 is 1.95 bits per heavy atom. The summed E-state index contributed by atoms with van der Waals surface area (Å²) in [5.74, 6) is -1.39. The van der Waals surface area contributed by atoms with Gasteiger partial charge in [-0.2, -0.15) is 0 Å². The second-order valence-corrected chi connectivity index (χ2v) is 4.34. The predicted molar refractivity (Wildman–Crippen MR) is 70.7 cm³/mol. The zero-order chi connectivity index (χ0) is 15.0. The van der Waals surface area contributed by atoms with Crippen LogP contribution in [0.15, 0.2) is 30.3 Å². The molecular formula is C14H18FNO4. The molecule has 1 aromatic rings. The van der Waals surface area contributed by atoms with Crippen molar-refractivity contribution in [3.63, 3.8) is 0 Å². The molecule has 0 fully saturated rings. The number of carbonyl (C=O) groups is 2. The maximum absolute atomic E-state index is 12.6. The zero-order valence-electron chi connectivity index (χ0n) is 11.5.